The summed E-state index contributed by atoms with van der Waals surface area (Å²) in [4.78, 5) is 28.7. The van der Waals surface area contributed by atoms with Crippen LogP contribution in [0.5, 0.6) is 11.5 Å². The van der Waals surface area contributed by atoms with Gasteiger partial charge in [-0.1, -0.05) is 48.4 Å². The van der Waals surface area contributed by atoms with Crippen LogP contribution in [0.4, 0.5) is 0 Å². The normalized spacial score (nSPS) is 16.7. The Bertz CT molecular complexity index is 1360. The number of hydrogen-bond donors (Lipinski definition) is 2. The van der Waals surface area contributed by atoms with Crippen LogP contribution in [0.3, 0.4) is 0 Å². The minimum Gasteiger partial charge on any atom is -0.493 e. The van der Waals surface area contributed by atoms with E-state index in [1.807, 2.05) is 42.5 Å². The number of piperidine rings is 1. The molecule has 1 aliphatic carbocycles. The van der Waals surface area contributed by atoms with Crippen molar-refractivity contribution in [1.82, 2.24) is 15.5 Å². The summed E-state index contributed by atoms with van der Waals surface area (Å²) in [6.07, 6.45) is 5.16. The van der Waals surface area contributed by atoms with E-state index < -0.39 is 0 Å². The fourth-order valence-electron chi connectivity index (χ4n) is 6.28. The van der Waals surface area contributed by atoms with E-state index in [9.17, 15) is 9.59 Å². The highest BCUT2D eigenvalue weighted by Gasteiger charge is 2.50. The molecule has 2 amide bonds. The lowest BCUT2D eigenvalue weighted by molar-refractivity contribution is -0.143. The summed E-state index contributed by atoms with van der Waals surface area (Å²) in [5.41, 5.74) is 3.50. The number of methoxy groups -OCH3 is 2. The summed E-state index contributed by atoms with van der Waals surface area (Å²) in [5, 5.41) is 6.94. The molecule has 1 saturated carbocycles. The lowest BCUT2D eigenvalue weighted by Gasteiger charge is -2.49. The molecule has 2 aliphatic rings. The number of hydrogen-bond acceptors (Lipinski definition) is 5. The van der Waals surface area contributed by atoms with Gasteiger partial charge in [0.2, 0.25) is 5.91 Å². The fraction of sp³-hybridized carbons (Fsp3) is 0.412. The molecule has 1 saturated heterocycles. The number of rotatable bonds is 11. The Morgan fingerprint density at radius 2 is 1.45 bits per heavy atom. The van der Waals surface area contributed by atoms with Crippen molar-refractivity contribution in [2.75, 3.05) is 27.3 Å². The molecule has 3 aromatic rings. The second kappa shape index (κ2) is 13.6. The average molecular weight is 590 g/mol. The van der Waals surface area contributed by atoms with Gasteiger partial charge in [0.1, 0.15) is 0 Å². The molecule has 0 atom stereocenters. The molecule has 2 N–H and O–H groups in total. The number of ether oxygens (including phenoxy) is 2. The van der Waals surface area contributed by atoms with Crippen LogP contribution in [-0.4, -0.2) is 44.0 Å². The van der Waals surface area contributed by atoms with Crippen LogP contribution >= 0.6 is 11.6 Å². The predicted molar refractivity (Wildman–Crippen MR) is 165 cm³/mol. The van der Waals surface area contributed by atoms with Crippen LogP contribution in [0.1, 0.15) is 59.2 Å². The summed E-state index contributed by atoms with van der Waals surface area (Å²) in [7, 11) is 3.18. The van der Waals surface area contributed by atoms with Crippen LogP contribution in [0.2, 0.25) is 5.02 Å². The van der Waals surface area contributed by atoms with Crippen LogP contribution in [0.15, 0.2) is 66.7 Å². The van der Waals surface area contributed by atoms with Crippen molar-refractivity contribution >= 4 is 23.4 Å². The Balaban J connectivity index is 1.09. The zero-order valence-corrected chi connectivity index (χ0v) is 25.2. The summed E-state index contributed by atoms with van der Waals surface area (Å²) >= 11 is 6.03. The minimum atomic E-state index is -0.240. The molecule has 0 bridgehead atoms. The number of likely N-dealkylation sites (tertiary alicyclic amines) is 1. The van der Waals surface area contributed by atoms with Crippen molar-refractivity contribution in [2.45, 2.75) is 51.7 Å². The maximum Gasteiger partial charge on any atom is 0.251 e. The molecule has 1 heterocycles. The van der Waals surface area contributed by atoms with Crippen molar-refractivity contribution < 1.29 is 19.1 Å². The quantitative estimate of drug-likeness (QED) is 0.287. The number of nitrogens with one attached hydrogen (secondary N) is 2. The average Bonchev–Trinajstić information content (AvgIpc) is 3.00. The molecular formula is C34H40ClN3O4. The molecule has 0 unspecified atom stereocenters. The van der Waals surface area contributed by atoms with Gasteiger partial charge in [0.05, 0.1) is 19.6 Å². The molecule has 5 rings (SSSR count). The SMILES string of the molecule is COc1ccc(CNC(=O)c2ccc(CNC(=O)C3(C4CCN(Cc5ccc(Cl)cc5)CC4)CCC3)cc2)cc1OC. The zero-order valence-electron chi connectivity index (χ0n) is 24.5. The Hall–Kier alpha value is -3.55. The van der Waals surface area contributed by atoms with Gasteiger partial charge >= 0.3 is 0 Å². The topological polar surface area (TPSA) is 79.9 Å². The lowest BCUT2D eigenvalue weighted by Crippen LogP contribution is -2.53. The van der Waals surface area contributed by atoms with E-state index >= 15 is 0 Å². The molecule has 0 spiro atoms. The van der Waals surface area contributed by atoms with Gasteiger partial charge in [-0.05, 0) is 97.8 Å². The van der Waals surface area contributed by atoms with Gasteiger partial charge in [0.25, 0.3) is 5.91 Å². The van der Waals surface area contributed by atoms with Gasteiger partial charge in [-0.15, -0.1) is 0 Å². The van der Waals surface area contributed by atoms with E-state index in [-0.39, 0.29) is 17.2 Å². The molecule has 0 aromatic heterocycles. The lowest BCUT2D eigenvalue weighted by atomic mass is 9.58. The summed E-state index contributed by atoms with van der Waals surface area (Å²) < 4.78 is 10.6. The highest BCUT2D eigenvalue weighted by atomic mass is 35.5. The van der Waals surface area contributed by atoms with E-state index in [0.717, 1.165) is 67.9 Å². The standard InChI is InChI=1S/C34H40ClN3O4/c1-41-30-13-8-26(20-31(30)42-2)22-36-32(39)27-9-4-24(5-10-27)21-37-33(40)34(16-3-17-34)28-14-18-38(19-15-28)23-25-6-11-29(35)12-7-25/h4-13,20,28H,3,14-19,21-23H2,1-2H3,(H,36,39)(H,37,40). The maximum atomic E-state index is 13.5. The van der Waals surface area contributed by atoms with E-state index in [1.165, 1.54) is 5.56 Å². The Kier molecular flexibility index (Phi) is 9.70. The third-order valence-electron chi connectivity index (χ3n) is 8.96. The second-order valence-electron chi connectivity index (χ2n) is 11.4. The van der Waals surface area contributed by atoms with Crippen molar-refractivity contribution in [3.63, 3.8) is 0 Å². The third-order valence-corrected chi connectivity index (χ3v) is 9.21. The fourth-order valence-corrected chi connectivity index (χ4v) is 6.40. The van der Waals surface area contributed by atoms with E-state index in [2.05, 4.69) is 27.7 Å². The molecule has 2 fully saturated rings. The van der Waals surface area contributed by atoms with Gasteiger partial charge in [0.15, 0.2) is 11.5 Å². The molecular weight excluding hydrogens is 550 g/mol. The molecule has 3 aromatic carbocycles. The van der Waals surface area contributed by atoms with Crippen LogP contribution in [0.25, 0.3) is 0 Å². The molecule has 42 heavy (non-hydrogen) atoms. The first-order chi connectivity index (χ1) is 20.4. The highest BCUT2D eigenvalue weighted by Crippen LogP contribution is 2.51. The summed E-state index contributed by atoms with van der Waals surface area (Å²) in [5.74, 6) is 1.72. The first kappa shape index (κ1) is 29.9. The van der Waals surface area contributed by atoms with Gasteiger partial charge < -0.3 is 20.1 Å². The Labute approximate surface area is 253 Å². The predicted octanol–water partition coefficient (Wildman–Crippen LogP) is 5.99. The first-order valence-electron chi connectivity index (χ1n) is 14.7. The van der Waals surface area contributed by atoms with E-state index in [4.69, 9.17) is 21.1 Å². The number of carbonyl (C=O) groups excluding carboxylic acids is 2. The van der Waals surface area contributed by atoms with Gasteiger partial charge in [-0.2, -0.15) is 0 Å². The summed E-state index contributed by atoms with van der Waals surface area (Å²) in [6.45, 7) is 3.78. The zero-order chi connectivity index (χ0) is 29.5. The summed E-state index contributed by atoms with van der Waals surface area (Å²) in [6, 6.07) is 21.1. The van der Waals surface area contributed by atoms with Crippen molar-refractivity contribution in [2.24, 2.45) is 11.3 Å². The molecule has 7 nitrogen and oxygen atoms in total. The minimum absolute atomic E-state index is 0.156. The second-order valence-corrected chi connectivity index (χ2v) is 11.9. The Morgan fingerprint density at radius 1 is 0.833 bits per heavy atom. The Morgan fingerprint density at radius 3 is 2.07 bits per heavy atom. The first-order valence-corrected chi connectivity index (χ1v) is 15.1. The number of carbonyl (C=O) groups is 2. The number of amides is 2. The molecule has 222 valence electrons. The van der Waals surface area contributed by atoms with Gasteiger partial charge in [-0.25, -0.2) is 0 Å². The third kappa shape index (κ3) is 6.90. The van der Waals surface area contributed by atoms with Crippen LogP contribution in [0, 0.1) is 11.3 Å². The maximum absolute atomic E-state index is 13.5. The molecule has 1 aliphatic heterocycles. The highest BCUT2D eigenvalue weighted by molar-refractivity contribution is 6.30. The number of nitrogens with zero attached hydrogens (tertiary/aromatic N) is 1. The smallest absolute Gasteiger partial charge is 0.251 e. The monoisotopic (exact) mass is 589 g/mol. The van der Waals surface area contributed by atoms with Gasteiger partial charge in [0, 0.05) is 30.2 Å². The largest absolute Gasteiger partial charge is 0.493 e. The van der Waals surface area contributed by atoms with Gasteiger partial charge in [-0.3, -0.25) is 14.5 Å². The number of benzene rings is 3. The van der Waals surface area contributed by atoms with Crippen LogP contribution in [-0.2, 0) is 24.4 Å². The van der Waals surface area contributed by atoms with Crippen molar-refractivity contribution in [3.8, 4) is 11.5 Å². The van der Waals surface area contributed by atoms with E-state index in [0.29, 0.717) is 36.1 Å². The molecule has 0 radical (unpaired) electrons. The van der Waals surface area contributed by atoms with Crippen LogP contribution < -0.4 is 20.1 Å². The van der Waals surface area contributed by atoms with E-state index in [1.54, 1.807) is 26.4 Å². The van der Waals surface area contributed by atoms with Crippen molar-refractivity contribution in [1.29, 1.82) is 0 Å². The molecule has 8 heteroatoms. The number of halogens is 1. The van der Waals surface area contributed by atoms with Crippen molar-refractivity contribution in [3.05, 3.63) is 94.0 Å².